The lowest BCUT2D eigenvalue weighted by Crippen LogP contribution is -2.44. The van der Waals surface area contributed by atoms with E-state index in [-0.39, 0.29) is 34.4 Å². The van der Waals surface area contributed by atoms with E-state index < -0.39 is 57.9 Å². The first-order valence-electron chi connectivity index (χ1n) is 8.51. The highest BCUT2D eigenvalue weighted by Gasteiger charge is 2.58. The molecule has 2 atom stereocenters. The molecule has 154 valence electrons. The summed E-state index contributed by atoms with van der Waals surface area (Å²) in [5.74, 6) is -8.04. The van der Waals surface area contributed by atoms with Gasteiger partial charge < -0.3 is 44.8 Å². The first-order valence-corrected chi connectivity index (χ1v) is 8.51. The monoisotopic (exact) mass is 406 g/mol. The molecule has 2 aliphatic rings. The number of hydrogen-bond acceptors (Lipinski definition) is 10. The van der Waals surface area contributed by atoms with E-state index in [1.54, 1.807) is 0 Å². The van der Waals surface area contributed by atoms with Crippen LogP contribution in [-0.4, -0.2) is 43.5 Å². The van der Waals surface area contributed by atoms with Crippen molar-refractivity contribution in [2.45, 2.75) is 32.5 Å². The molecule has 0 saturated carbocycles. The topological polar surface area (TPSA) is 166 Å². The summed E-state index contributed by atoms with van der Waals surface area (Å²) < 4.78 is 16.6. The molecule has 0 radical (unpaired) electrons. The molecule has 0 aliphatic carbocycles. The van der Waals surface area contributed by atoms with Gasteiger partial charge in [-0.15, -0.1) is 0 Å². The predicted octanol–water partition coefficient (Wildman–Crippen LogP) is 1.78. The van der Waals surface area contributed by atoms with E-state index in [2.05, 4.69) is 0 Å². The van der Waals surface area contributed by atoms with Crippen LogP contribution in [0.4, 0.5) is 0 Å². The Morgan fingerprint density at radius 1 is 0.897 bits per heavy atom. The van der Waals surface area contributed by atoms with Gasteiger partial charge in [0.2, 0.25) is 17.3 Å². The third-order valence-electron chi connectivity index (χ3n) is 5.51. The summed E-state index contributed by atoms with van der Waals surface area (Å²) >= 11 is 0. The number of aromatic hydroxyl groups is 6. The van der Waals surface area contributed by atoms with Gasteiger partial charge in [0.1, 0.15) is 0 Å². The zero-order valence-corrected chi connectivity index (χ0v) is 15.6. The molecule has 4 rings (SSSR count). The van der Waals surface area contributed by atoms with Crippen LogP contribution in [0.2, 0.25) is 0 Å². The van der Waals surface area contributed by atoms with Crippen molar-refractivity contribution in [3.05, 3.63) is 33.4 Å². The van der Waals surface area contributed by atoms with E-state index in [1.807, 2.05) is 0 Å². The fraction of sp³-hybridized carbons (Fsp3) is 0.316. The van der Waals surface area contributed by atoms with Crippen molar-refractivity contribution in [2.24, 2.45) is 0 Å². The zero-order chi connectivity index (χ0) is 21.4. The normalized spacial score (nSPS) is 22.7. The minimum Gasteiger partial charge on any atom is -0.504 e. The van der Waals surface area contributed by atoms with Crippen LogP contribution in [0.15, 0.2) is 0 Å². The van der Waals surface area contributed by atoms with Crippen molar-refractivity contribution in [3.8, 4) is 34.5 Å². The molecule has 0 amide bonds. The maximum atomic E-state index is 13.4. The summed E-state index contributed by atoms with van der Waals surface area (Å²) in [4.78, 5) is 13.4. The van der Waals surface area contributed by atoms with Gasteiger partial charge in [-0.3, -0.25) is 4.79 Å². The van der Waals surface area contributed by atoms with Gasteiger partial charge in [0, 0.05) is 23.8 Å². The van der Waals surface area contributed by atoms with Crippen molar-refractivity contribution >= 4 is 5.78 Å². The van der Waals surface area contributed by atoms with E-state index >= 15 is 0 Å². The van der Waals surface area contributed by atoms with Crippen molar-refractivity contribution in [1.82, 2.24) is 0 Å². The lowest BCUT2D eigenvalue weighted by molar-refractivity contribution is -0.289. The van der Waals surface area contributed by atoms with E-state index in [1.165, 1.54) is 21.0 Å². The number of rotatable bonds is 1. The Hall–Kier alpha value is -3.21. The van der Waals surface area contributed by atoms with Crippen LogP contribution in [0.25, 0.3) is 0 Å². The largest absolute Gasteiger partial charge is 0.504 e. The van der Waals surface area contributed by atoms with Gasteiger partial charge >= 0.3 is 0 Å². The van der Waals surface area contributed by atoms with Crippen LogP contribution in [0.5, 0.6) is 34.5 Å². The molecule has 0 aromatic heterocycles. The smallest absolute Gasteiger partial charge is 0.268 e. The second-order valence-electron chi connectivity index (χ2n) is 6.90. The molecule has 0 fully saturated rings. The average Bonchev–Trinajstić information content (AvgIpc) is 3.09. The maximum Gasteiger partial charge on any atom is 0.268 e. The molecule has 10 nitrogen and oxygen atoms in total. The van der Waals surface area contributed by atoms with Crippen LogP contribution in [-0.2, 0) is 26.6 Å². The molecule has 6 N–H and O–H groups in total. The highest BCUT2D eigenvalue weighted by molar-refractivity contribution is 6.08. The third kappa shape index (κ3) is 2.13. The number of ketones is 1. The minimum absolute atomic E-state index is 0.0211. The van der Waals surface area contributed by atoms with Gasteiger partial charge in [-0.05, 0) is 19.4 Å². The van der Waals surface area contributed by atoms with Crippen LogP contribution >= 0.6 is 0 Å². The molecule has 0 saturated heterocycles. The number of phenols is 6. The first-order chi connectivity index (χ1) is 13.6. The van der Waals surface area contributed by atoms with Crippen LogP contribution in [0, 0.1) is 13.8 Å². The van der Waals surface area contributed by atoms with Gasteiger partial charge in [-0.25, -0.2) is 0 Å². The Morgan fingerprint density at radius 2 is 1.48 bits per heavy atom. The molecule has 2 aliphatic heterocycles. The van der Waals surface area contributed by atoms with Crippen LogP contribution in [0.1, 0.15) is 44.5 Å². The van der Waals surface area contributed by atoms with Crippen molar-refractivity contribution in [1.29, 1.82) is 0 Å². The lowest BCUT2D eigenvalue weighted by atomic mass is 9.84. The number of Topliss-reactive ketones (excluding diaryl/α,β-unsaturated/α-hetero) is 1. The first kappa shape index (κ1) is 19.1. The molecule has 1 spiro atoms. The fourth-order valence-corrected chi connectivity index (χ4v) is 3.90. The van der Waals surface area contributed by atoms with Gasteiger partial charge in [-0.1, -0.05) is 0 Å². The number of benzene rings is 2. The number of ether oxygens (including phenoxy) is 3. The average molecular weight is 406 g/mol. The lowest BCUT2D eigenvalue weighted by Gasteiger charge is -2.38. The second kappa shape index (κ2) is 5.89. The molecule has 10 heteroatoms. The van der Waals surface area contributed by atoms with Crippen molar-refractivity contribution < 1.29 is 49.6 Å². The SMILES string of the molecule is COC1OC2(OCc3c(C)c(O)c(O)c(O)c32)C(=O)c2c(O)c(O)c(O)c(C)c21. The number of carbonyl (C=O) groups excluding carboxylic acids is 1. The Balaban J connectivity index is 2.07. The fourth-order valence-electron chi connectivity index (χ4n) is 3.90. The Labute approximate surface area is 163 Å². The molecule has 2 unspecified atom stereocenters. The van der Waals surface area contributed by atoms with E-state index in [4.69, 9.17) is 14.2 Å². The summed E-state index contributed by atoms with van der Waals surface area (Å²) in [7, 11) is 1.24. The molecule has 0 bridgehead atoms. The zero-order valence-electron chi connectivity index (χ0n) is 15.6. The molecule has 2 aromatic rings. The van der Waals surface area contributed by atoms with Gasteiger partial charge in [0.25, 0.3) is 5.79 Å². The molecule has 29 heavy (non-hydrogen) atoms. The molecular formula is C19H18O10. The maximum absolute atomic E-state index is 13.4. The van der Waals surface area contributed by atoms with E-state index in [0.717, 1.165) is 0 Å². The Kier molecular flexibility index (Phi) is 3.89. The van der Waals surface area contributed by atoms with Crippen LogP contribution in [0.3, 0.4) is 0 Å². The summed E-state index contributed by atoms with van der Waals surface area (Å²) in [6.07, 6.45) is -1.35. The van der Waals surface area contributed by atoms with E-state index in [9.17, 15) is 35.4 Å². The minimum atomic E-state index is -2.32. The molecule has 2 heterocycles. The number of phenolic OH excluding ortho intramolecular Hbond substituents is 6. The van der Waals surface area contributed by atoms with Crippen LogP contribution < -0.4 is 0 Å². The van der Waals surface area contributed by atoms with Gasteiger partial charge in [-0.2, -0.15) is 0 Å². The Morgan fingerprint density at radius 3 is 2.10 bits per heavy atom. The highest BCUT2D eigenvalue weighted by Crippen LogP contribution is 2.58. The van der Waals surface area contributed by atoms with Crippen molar-refractivity contribution in [3.63, 3.8) is 0 Å². The second-order valence-corrected chi connectivity index (χ2v) is 6.90. The van der Waals surface area contributed by atoms with Crippen molar-refractivity contribution in [2.75, 3.05) is 7.11 Å². The predicted molar refractivity (Wildman–Crippen MR) is 94.0 cm³/mol. The summed E-state index contributed by atoms with van der Waals surface area (Å²) in [6.45, 7) is 2.59. The Bertz CT molecular complexity index is 1090. The number of carbonyl (C=O) groups is 1. The quantitative estimate of drug-likeness (QED) is 0.384. The standard InChI is InChI=1S/C19H18O10/c1-5-7-4-28-19(10(7)14(23)16(25)11(5)20)17(26)9-8(18(27-3)29-19)6(2)12(21)15(24)13(9)22/h18,20-25H,4H2,1-3H3. The summed E-state index contributed by atoms with van der Waals surface area (Å²) in [6, 6.07) is 0. The highest BCUT2D eigenvalue weighted by atomic mass is 16.8. The summed E-state index contributed by atoms with van der Waals surface area (Å²) in [5.41, 5.74) is -0.272. The third-order valence-corrected chi connectivity index (χ3v) is 5.51. The van der Waals surface area contributed by atoms with E-state index in [0.29, 0.717) is 0 Å². The number of fused-ring (bicyclic) bond motifs is 3. The number of hydrogen-bond donors (Lipinski definition) is 6. The van der Waals surface area contributed by atoms with Gasteiger partial charge in [0.15, 0.2) is 29.3 Å². The molecule has 2 aromatic carbocycles. The molecular weight excluding hydrogens is 388 g/mol. The number of methoxy groups -OCH3 is 1. The van der Waals surface area contributed by atoms with Gasteiger partial charge in [0.05, 0.1) is 17.7 Å². The summed E-state index contributed by atoms with van der Waals surface area (Å²) in [5, 5.41) is 61.0.